The van der Waals surface area contributed by atoms with Crippen molar-refractivity contribution in [3.05, 3.63) is 107 Å². The van der Waals surface area contributed by atoms with Crippen LogP contribution >= 0.6 is 12.2 Å². The van der Waals surface area contributed by atoms with E-state index in [9.17, 15) is 0 Å². The number of nitrogens with zero attached hydrogens (tertiary/aromatic N) is 3. The van der Waals surface area contributed by atoms with Gasteiger partial charge in [0.2, 0.25) is 0 Å². The van der Waals surface area contributed by atoms with E-state index in [0.717, 1.165) is 22.9 Å². The Morgan fingerprint density at radius 1 is 0.872 bits per heavy atom. The molecule has 39 heavy (non-hydrogen) atoms. The molecule has 6 rings (SSSR count). The van der Waals surface area contributed by atoms with E-state index in [1.807, 2.05) is 36.5 Å². The molecule has 6 heteroatoms. The molecule has 4 aromatic rings. The van der Waals surface area contributed by atoms with Gasteiger partial charge in [-0.15, -0.1) is 0 Å². The molecule has 1 aliphatic heterocycles. The lowest BCUT2D eigenvalue weighted by Gasteiger charge is -2.30. The molecule has 0 unspecified atom stereocenters. The number of nitrogens with one attached hydrogen (secondary N) is 1. The molecular weight excluding hydrogens is 500 g/mol. The fourth-order valence-electron chi connectivity index (χ4n) is 6.37. The maximum absolute atomic E-state index is 6.10. The van der Waals surface area contributed by atoms with Gasteiger partial charge < -0.3 is 19.5 Å². The Morgan fingerprint density at radius 3 is 2.23 bits per heavy atom. The Balaban J connectivity index is 1.37. The van der Waals surface area contributed by atoms with E-state index in [1.165, 1.54) is 54.6 Å². The number of hydrogen-bond acceptors (Lipinski definition) is 3. The molecule has 2 fully saturated rings. The smallest absolute Gasteiger partial charge is 0.174 e. The molecule has 0 amide bonds. The lowest BCUT2D eigenvalue weighted by Crippen LogP contribution is -2.29. The van der Waals surface area contributed by atoms with E-state index in [-0.39, 0.29) is 12.1 Å². The molecule has 2 aliphatic rings. The van der Waals surface area contributed by atoms with Crippen molar-refractivity contribution >= 4 is 23.0 Å². The second-order valence-electron chi connectivity index (χ2n) is 10.9. The predicted octanol–water partition coefficient (Wildman–Crippen LogP) is 8.28. The first-order chi connectivity index (χ1) is 19.0. The van der Waals surface area contributed by atoms with Crippen LogP contribution in [0.4, 0.5) is 5.69 Å². The van der Waals surface area contributed by atoms with Crippen LogP contribution in [-0.2, 0) is 0 Å². The third-order valence-electron chi connectivity index (χ3n) is 8.25. The second kappa shape index (κ2) is 10.9. The standard InChI is InChI=1S/C33H36N4OS/c1-22-12-16-27(17-13-22)38-28-18-14-26(15-19-28)37-32(31(35-33(37)39)30-11-7-8-20-34-30)29-21-23(2)36(24(29)3)25-9-5-4-6-10-25/h7-8,11-21,25,31-32H,4-6,9-10H2,1-3H3,(H,35,39)/t31-,32-/m1/s1. The van der Waals surface area contributed by atoms with Gasteiger partial charge in [0.25, 0.3) is 0 Å². The zero-order valence-electron chi connectivity index (χ0n) is 22.9. The first kappa shape index (κ1) is 25.6. The van der Waals surface area contributed by atoms with Crippen LogP contribution in [0, 0.1) is 20.8 Å². The summed E-state index contributed by atoms with van der Waals surface area (Å²) in [4.78, 5) is 7.00. The molecule has 0 bridgehead atoms. The predicted molar refractivity (Wildman–Crippen MR) is 162 cm³/mol. The van der Waals surface area contributed by atoms with Crippen molar-refractivity contribution in [2.75, 3.05) is 4.90 Å². The highest BCUT2D eigenvalue weighted by Gasteiger charge is 2.42. The van der Waals surface area contributed by atoms with Gasteiger partial charge in [0.15, 0.2) is 5.11 Å². The minimum Gasteiger partial charge on any atom is -0.457 e. The molecule has 1 aliphatic carbocycles. The van der Waals surface area contributed by atoms with Crippen LogP contribution in [0.15, 0.2) is 79.0 Å². The fraction of sp³-hybridized carbons (Fsp3) is 0.333. The number of aromatic nitrogens is 2. The number of thiocarbonyl (C=S) groups is 1. The van der Waals surface area contributed by atoms with Crippen molar-refractivity contribution in [2.24, 2.45) is 0 Å². The maximum atomic E-state index is 6.10. The number of aryl methyl sites for hydroxylation is 2. The lowest BCUT2D eigenvalue weighted by atomic mass is 9.94. The fourth-order valence-corrected chi connectivity index (χ4v) is 6.72. The largest absolute Gasteiger partial charge is 0.457 e. The maximum Gasteiger partial charge on any atom is 0.174 e. The van der Waals surface area contributed by atoms with Crippen LogP contribution in [0.2, 0.25) is 0 Å². The minimum atomic E-state index is -0.0532. The third kappa shape index (κ3) is 5.06. The van der Waals surface area contributed by atoms with Crippen molar-refractivity contribution in [1.82, 2.24) is 14.9 Å². The first-order valence-electron chi connectivity index (χ1n) is 14.0. The summed E-state index contributed by atoms with van der Waals surface area (Å²) in [6.45, 7) is 6.61. The molecule has 0 radical (unpaired) electrons. The highest BCUT2D eigenvalue weighted by Crippen LogP contribution is 2.45. The molecule has 5 nitrogen and oxygen atoms in total. The van der Waals surface area contributed by atoms with Gasteiger partial charge in [-0.3, -0.25) is 4.98 Å². The quantitative estimate of drug-likeness (QED) is 0.251. The van der Waals surface area contributed by atoms with Gasteiger partial charge in [0.1, 0.15) is 11.5 Å². The van der Waals surface area contributed by atoms with Crippen LogP contribution in [0.5, 0.6) is 11.5 Å². The lowest BCUT2D eigenvalue weighted by molar-refractivity contribution is 0.345. The van der Waals surface area contributed by atoms with E-state index in [0.29, 0.717) is 11.2 Å². The molecule has 3 heterocycles. The summed E-state index contributed by atoms with van der Waals surface area (Å²) in [6.07, 6.45) is 8.35. The van der Waals surface area contributed by atoms with E-state index in [2.05, 4.69) is 78.0 Å². The highest BCUT2D eigenvalue weighted by molar-refractivity contribution is 7.80. The third-order valence-corrected chi connectivity index (χ3v) is 8.57. The Morgan fingerprint density at radius 2 is 1.56 bits per heavy atom. The van der Waals surface area contributed by atoms with Crippen molar-refractivity contribution in [3.8, 4) is 11.5 Å². The van der Waals surface area contributed by atoms with Crippen LogP contribution in [0.3, 0.4) is 0 Å². The van der Waals surface area contributed by atoms with Crippen LogP contribution in [0.25, 0.3) is 0 Å². The van der Waals surface area contributed by atoms with Gasteiger partial charge >= 0.3 is 0 Å². The number of benzene rings is 2. The van der Waals surface area contributed by atoms with E-state index in [4.69, 9.17) is 21.9 Å². The monoisotopic (exact) mass is 536 g/mol. The van der Waals surface area contributed by atoms with Crippen molar-refractivity contribution in [2.45, 2.75) is 71.0 Å². The Labute approximate surface area is 236 Å². The van der Waals surface area contributed by atoms with Gasteiger partial charge in [-0.05, 0) is 106 Å². The molecular formula is C33H36N4OS. The Hall–Kier alpha value is -3.64. The van der Waals surface area contributed by atoms with Gasteiger partial charge in [0, 0.05) is 29.3 Å². The summed E-state index contributed by atoms with van der Waals surface area (Å²) < 4.78 is 8.69. The van der Waals surface area contributed by atoms with E-state index >= 15 is 0 Å². The summed E-state index contributed by atoms with van der Waals surface area (Å²) in [7, 11) is 0. The molecule has 1 saturated carbocycles. The Kier molecular flexibility index (Phi) is 7.13. The Bertz CT molecular complexity index is 1440. The number of anilines is 1. The average molecular weight is 537 g/mol. The molecule has 1 N–H and O–H groups in total. The summed E-state index contributed by atoms with van der Waals surface area (Å²) in [5.74, 6) is 1.63. The van der Waals surface area contributed by atoms with Crippen LogP contribution in [-0.4, -0.2) is 14.7 Å². The van der Waals surface area contributed by atoms with Crippen molar-refractivity contribution in [1.29, 1.82) is 0 Å². The second-order valence-corrected chi connectivity index (χ2v) is 11.3. The summed E-state index contributed by atoms with van der Waals surface area (Å²) in [5, 5.41) is 4.33. The van der Waals surface area contributed by atoms with Gasteiger partial charge in [-0.1, -0.05) is 43.0 Å². The van der Waals surface area contributed by atoms with Crippen molar-refractivity contribution in [3.63, 3.8) is 0 Å². The molecule has 1 saturated heterocycles. The number of pyridine rings is 1. The zero-order valence-corrected chi connectivity index (χ0v) is 23.7. The SMILES string of the molecule is Cc1ccc(Oc2ccc(N3C(=S)N[C@H](c4ccccn4)[C@H]3c3cc(C)n(C4CCCCC4)c3C)cc2)cc1. The molecule has 2 atom stereocenters. The van der Waals surface area contributed by atoms with Crippen LogP contribution < -0.4 is 15.0 Å². The topological polar surface area (TPSA) is 42.3 Å². The number of hydrogen-bond donors (Lipinski definition) is 1. The molecule has 2 aromatic carbocycles. The zero-order chi connectivity index (χ0) is 26.9. The average Bonchev–Trinajstić information content (AvgIpc) is 3.46. The molecule has 0 spiro atoms. The van der Waals surface area contributed by atoms with Gasteiger partial charge in [-0.25, -0.2) is 0 Å². The normalized spacial score (nSPS) is 19.8. The molecule has 2 aromatic heterocycles. The summed E-state index contributed by atoms with van der Waals surface area (Å²) >= 11 is 5.98. The molecule has 200 valence electrons. The first-order valence-corrected chi connectivity index (χ1v) is 14.4. The number of rotatable bonds is 6. The van der Waals surface area contributed by atoms with Gasteiger partial charge in [0.05, 0.1) is 17.8 Å². The summed E-state index contributed by atoms with van der Waals surface area (Å²) in [6, 6.07) is 25.4. The minimum absolute atomic E-state index is 0.0141. The summed E-state index contributed by atoms with van der Waals surface area (Å²) in [5.41, 5.74) is 7.21. The van der Waals surface area contributed by atoms with Gasteiger partial charge in [-0.2, -0.15) is 0 Å². The number of ether oxygens (including phenoxy) is 1. The van der Waals surface area contributed by atoms with Crippen LogP contribution in [0.1, 0.15) is 78.4 Å². The highest BCUT2D eigenvalue weighted by atomic mass is 32.1. The van der Waals surface area contributed by atoms with Crippen molar-refractivity contribution < 1.29 is 4.74 Å². The van der Waals surface area contributed by atoms with E-state index < -0.39 is 0 Å². The van der Waals surface area contributed by atoms with E-state index in [1.54, 1.807) is 0 Å².